The number of hydrogen-bond donors (Lipinski definition) is 0. The molecule has 0 aliphatic heterocycles. The minimum absolute atomic E-state index is 0.0640. The van der Waals surface area contributed by atoms with E-state index in [4.69, 9.17) is 11.6 Å². The van der Waals surface area contributed by atoms with Gasteiger partial charge in [-0.1, -0.05) is 36.9 Å². The van der Waals surface area contributed by atoms with Crippen LogP contribution in [0.5, 0.6) is 0 Å². The van der Waals surface area contributed by atoms with Crippen molar-refractivity contribution in [2.24, 2.45) is 0 Å². The van der Waals surface area contributed by atoms with Gasteiger partial charge >= 0.3 is 0 Å². The summed E-state index contributed by atoms with van der Waals surface area (Å²) in [5, 5.41) is 0. The lowest BCUT2D eigenvalue weighted by Crippen LogP contribution is -2.23. The van der Waals surface area contributed by atoms with E-state index in [1.54, 1.807) is 0 Å². The van der Waals surface area contributed by atoms with Gasteiger partial charge in [-0.3, -0.25) is 4.90 Å². The van der Waals surface area contributed by atoms with Gasteiger partial charge in [0.1, 0.15) is 0 Å². The maximum absolute atomic E-state index is 5.95. The van der Waals surface area contributed by atoms with Crippen LogP contribution in [0.15, 0.2) is 30.8 Å². The zero-order valence-electron chi connectivity index (χ0n) is 8.70. The zero-order chi connectivity index (χ0) is 10.6. The van der Waals surface area contributed by atoms with E-state index >= 15 is 0 Å². The Balaban J connectivity index is 2.64. The van der Waals surface area contributed by atoms with Gasteiger partial charge in [-0.2, -0.15) is 0 Å². The van der Waals surface area contributed by atoms with Gasteiger partial charge in [0.05, 0.1) is 5.50 Å². The molecule has 0 saturated carbocycles. The molecule has 14 heavy (non-hydrogen) atoms. The molecule has 2 heteroatoms. The molecule has 0 N–H and O–H groups in total. The number of benzene rings is 1. The van der Waals surface area contributed by atoms with Crippen molar-refractivity contribution in [3.8, 4) is 0 Å². The Kier molecular flexibility index (Phi) is 4.18. The standard InChI is InChI=1S/C12H16ClN/c1-4-11-5-7-12(8-6-11)9-14(3)10(2)13/h4-8,10H,1,9H2,2-3H3. The van der Waals surface area contributed by atoms with Gasteiger partial charge in [-0.05, 0) is 25.1 Å². The predicted octanol–water partition coefficient (Wildman–Crippen LogP) is 3.35. The Hall–Kier alpha value is -0.790. The van der Waals surface area contributed by atoms with Crippen molar-refractivity contribution in [1.29, 1.82) is 0 Å². The molecule has 0 fully saturated rings. The predicted molar refractivity (Wildman–Crippen MR) is 63.3 cm³/mol. The molecule has 1 aromatic rings. The fourth-order valence-electron chi connectivity index (χ4n) is 1.17. The molecule has 0 saturated heterocycles. The lowest BCUT2D eigenvalue weighted by Gasteiger charge is -2.19. The third-order valence-electron chi connectivity index (χ3n) is 2.25. The smallest absolute Gasteiger partial charge is 0.0822 e. The summed E-state index contributed by atoms with van der Waals surface area (Å²) in [5.41, 5.74) is 2.48. The Labute approximate surface area is 91.0 Å². The Morgan fingerprint density at radius 2 is 2.00 bits per heavy atom. The maximum Gasteiger partial charge on any atom is 0.0822 e. The third kappa shape index (κ3) is 3.17. The van der Waals surface area contributed by atoms with E-state index in [0.717, 1.165) is 12.1 Å². The average Bonchev–Trinajstić information content (AvgIpc) is 2.19. The van der Waals surface area contributed by atoms with Crippen molar-refractivity contribution in [2.45, 2.75) is 19.0 Å². The lowest BCUT2D eigenvalue weighted by atomic mass is 10.1. The minimum atomic E-state index is 0.0640. The second-order valence-electron chi connectivity index (χ2n) is 3.43. The number of rotatable bonds is 4. The monoisotopic (exact) mass is 209 g/mol. The molecular formula is C12H16ClN. The van der Waals surface area contributed by atoms with Crippen LogP contribution in [0.3, 0.4) is 0 Å². The number of alkyl halides is 1. The van der Waals surface area contributed by atoms with Gasteiger partial charge in [-0.25, -0.2) is 0 Å². The van der Waals surface area contributed by atoms with Crippen molar-refractivity contribution in [2.75, 3.05) is 7.05 Å². The van der Waals surface area contributed by atoms with Gasteiger partial charge in [0.25, 0.3) is 0 Å². The summed E-state index contributed by atoms with van der Waals surface area (Å²) in [5.74, 6) is 0. The first-order valence-corrected chi connectivity index (χ1v) is 5.13. The van der Waals surface area contributed by atoms with Gasteiger partial charge < -0.3 is 0 Å². The Morgan fingerprint density at radius 3 is 2.43 bits per heavy atom. The van der Waals surface area contributed by atoms with Gasteiger partial charge in [0.15, 0.2) is 0 Å². The molecule has 0 aliphatic carbocycles. The molecule has 76 valence electrons. The van der Waals surface area contributed by atoms with Crippen molar-refractivity contribution >= 4 is 17.7 Å². The SMILES string of the molecule is C=Cc1ccc(CN(C)C(C)Cl)cc1. The number of nitrogens with zero attached hydrogens (tertiary/aromatic N) is 1. The molecule has 0 aromatic heterocycles. The van der Waals surface area contributed by atoms with Crippen molar-refractivity contribution in [1.82, 2.24) is 4.90 Å². The largest absolute Gasteiger partial charge is 0.286 e. The zero-order valence-corrected chi connectivity index (χ0v) is 9.46. The van der Waals surface area contributed by atoms with Gasteiger partial charge in [0, 0.05) is 6.54 Å². The highest BCUT2D eigenvalue weighted by Crippen LogP contribution is 2.10. The molecule has 0 radical (unpaired) electrons. The molecule has 0 bridgehead atoms. The summed E-state index contributed by atoms with van der Waals surface area (Å²) in [6.07, 6.45) is 1.84. The molecule has 1 nitrogen and oxygen atoms in total. The van der Waals surface area contributed by atoms with E-state index in [2.05, 4.69) is 35.7 Å². The van der Waals surface area contributed by atoms with Crippen molar-refractivity contribution in [3.63, 3.8) is 0 Å². The molecule has 1 unspecified atom stereocenters. The first-order valence-electron chi connectivity index (χ1n) is 4.69. The van der Waals surface area contributed by atoms with E-state index in [1.807, 2.05) is 20.0 Å². The van der Waals surface area contributed by atoms with E-state index in [9.17, 15) is 0 Å². The van der Waals surface area contributed by atoms with Crippen molar-refractivity contribution < 1.29 is 0 Å². The van der Waals surface area contributed by atoms with Crippen LogP contribution >= 0.6 is 11.6 Å². The third-order valence-corrected chi connectivity index (χ3v) is 2.59. The Morgan fingerprint density at radius 1 is 1.43 bits per heavy atom. The normalized spacial score (nSPS) is 12.9. The second-order valence-corrected chi connectivity index (χ2v) is 4.07. The quantitative estimate of drug-likeness (QED) is 0.543. The van der Waals surface area contributed by atoms with Gasteiger partial charge in [0.2, 0.25) is 0 Å². The van der Waals surface area contributed by atoms with Crippen LogP contribution in [-0.4, -0.2) is 17.4 Å². The summed E-state index contributed by atoms with van der Waals surface area (Å²) in [6.45, 7) is 6.57. The molecule has 1 atom stereocenters. The van der Waals surface area contributed by atoms with Crippen LogP contribution < -0.4 is 0 Å². The molecule has 0 aliphatic rings. The molecule has 0 amide bonds. The Bertz CT molecular complexity index is 290. The highest BCUT2D eigenvalue weighted by Gasteiger charge is 2.04. The van der Waals surface area contributed by atoms with Crippen LogP contribution in [0.1, 0.15) is 18.1 Å². The highest BCUT2D eigenvalue weighted by atomic mass is 35.5. The van der Waals surface area contributed by atoms with Crippen LogP contribution in [0.25, 0.3) is 6.08 Å². The summed E-state index contributed by atoms with van der Waals surface area (Å²) < 4.78 is 0. The van der Waals surface area contributed by atoms with Crippen LogP contribution in [0.4, 0.5) is 0 Å². The highest BCUT2D eigenvalue weighted by molar-refractivity contribution is 6.20. The van der Waals surface area contributed by atoms with E-state index < -0.39 is 0 Å². The average molecular weight is 210 g/mol. The van der Waals surface area contributed by atoms with Crippen LogP contribution in [0, 0.1) is 0 Å². The molecular weight excluding hydrogens is 194 g/mol. The number of hydrogen-bond acceptors (Lipinski definition) is 1. The summed E-state index contributed by atoms with van der Waals surface area (Å²) in [4.78, 5) is 2.09. The van der Waals surface area contributed by atoms with Crippen LogP contribution in [-0.2, 0) is 6.54 Å². The lowest BCUT2D eigenvalue weighted by molar-refractivity contribution is 0.315. The number of halogens is 1. The second kappa shape index (κ2) is 5.18. The van der Waals surface area contributed by atoms with Gasteiger partial charge in [-0.15, -0.1) is 11.6 Å². The van der Waals surface area contributed by atoms with Crippen LogP contribution in [0.2, 0.25) is 0 Å². The van der Waals surface area contributed by atoms with E-state index in [-0.39, 0.29) is 5.50 Å². The fourth-order valence-corrected chi connectivity index (χ4v) is 1.24. The first kappa shape index (κ1) is 11.3. The fraction of sp³-hybridized carbons (Fsp3) is 0.333. The molecule has 1 rings (SSSR count). The summed E-state index contributed by atoms with van der Waals surface area (Å²) >= 11 is 5.95. The maximum atomic E-state index is 5.95. The molecule has 0 heterocycles. The molecule has 1 aromatic carbocycles. The van der Waals surface area contributed by atoms with Crippen molar-refractivity contribution in [3.05, 3.63) is 42.0 Å². The van der Waals surface area contributed by atoms with E-state index in [1.165, 1.54) is 5.56 Å². The first-order chi connectivity index (χ1) is 6.63. The summed E-state index contributed by atoms with van der Waals surface area (Å²) in [6, 6.07) is 8.34. The molecule has 0 spiro atoms. The topological polar surface area (TPSA) is 3.24 Å². The van der Waals surface area contributed by atoms with E-state index in [0.29, 0.717) is 0 Å². The minimum Gasteiger partial charge on any atom is -0.286 e. The summed E-state index contributed by atoms with van der Waals surface area (Å²) in [7, 11) is 2.01.